The van der Waals surface area contributed by atoms with Gasteiger partial charge in [-0.2, -0.15) is 0 Å². The topological polar surface area (TPSA) is 0 Å². The van der Waals surface area contributed by atoms with E-state index >= 15 is 0 Å². The van der Waals surface area contributed by atoms with Gasteiger partial charge in [0.15, 0.2) is 0 Å². The minimum Gasteiger partial charge on any atom is -0.127 e. The van der Waals surface area contributed by atoms with E-state index in [9.17, 15) is 0 Å². The Morgan fingerprint density at radius 1 is 1.20 bits per heavy atom. The number of benzene rings is 1. The van der Waals surface area contributed by atoms with E-state index in [2.05, 4.69) is 18.2 Å². The predicted molar refractivity (Wildman–Crippen MR) is 67.3 cm³/mol. The molecule has 0 fully saturated rings. The highest BCUT2D eigenvalue weighted by atomic mass is 35.5. The molecule has 0 nitrogen and oxygen atoms in total. The van der Waals surface area contributed by atoms with Gasteiger partial charge in [-0.1, -0.05) is 18.2 Å². The zero-order valence-corrected chi connectivity index (χ0v) is 10.3. The average molecular weight is 243 g/mol. The molecule has 0 aliphatic heterocycles. The normalized spacial score (nSPS) is 19.2. The third-order valence-corrected chi connectivity index (χ3v) is 3.66. The van der Waals surface area contributed by atoms with Crippen LogP contribution in [0.3, 0.4) is 0 Å². The molecule has 82 valence electrons. The van der Waals surface area contributed by atoms with Crippen molar-refractivity contribution >= 4 is 23.2 Å². The van der Waals surface area contributed by atoms with Gasteiger partial charge in [-0.15, -0.1) is 23.2 Å². The van der Waals surface area contributed by atoms with Gasteiger partial charge >= 0.3 is 0 Å². The van der Waals surface area contributed by atoms with Crippen LogP contribution in [0, 0.1) is 0 Å². The second-order valence-corrected chi connectivity index (χ2v) is 4.94. The largest absolute Gasteiger partial charge is 0.127 e. The van der Waals surface area contributed by atoms with Gasteiger partial charge in [-0.3, -0.25) is 0 Å². The van der Waals surface area contributed by atoms with E-state index in [0.717, 1.165) is 18.7 Å². The maximum absolute atomic E-state index is 5.81. The van der Waals surface area contributed by atoms with Gasteiger partial charge in [0.05, 0.1) is 0 Å². The van der Waals surface area contributed by atoms with E-state index in [-0.39, 0.29) is 0 Å². The Morgan fingerprint density at radius 2 is 2.07 bits per heavy atom. The number of aryl methyl sites for hydroxylation is 2. The summed E-state index contributed by atoms with van der Waals surface area (Å²) in [6.07, 6.45) is 4.58. The number of halogens is 2. The van der Waals surface area contributed by atoms with Crippen LogP contribution in [0.15, 0.2) is 18.2 Å². The van der Waals surface area contributed by atoms with Crippen molar-refractivity contribution in [3.05, 3.63) is 34.9 Å². The van der Waals surface area contributed by atoms with Crippen LogP contribution < -0.4 is 0 Å². The summed E-state index contributed by atoms with van der Waals surface area (Å²) >= 11 is 11.6. The Kier molecular flexibility index (Phi) is 3.93. The Bertz CT molecular complexity index is 333. The first-order valence-corrected chi connectivity index (χ1v) is 6.65. The smallest absolute Gasteiger partial charge is 0.0263 e. The number of hydrogen-bond donors (Lipinski definition) is 0. The molecule has 0 bridgehead atoms. The van der Waals surface area contributed by atoms with Crippen LogP contribution in [0.1, 0.15) is 35.4 Å². The van der Waals surface area contributed by atoms with Crippen LogP contribution in [0.5, 0.6) is 0 Å². The number of alkyl halides is 2. The van der Waals surface area contributed by atoms with E-state index in [1.807, 2.05) is 0 Å². The molecule has 1 aliphatic carbocycles. The first-order chi connectivity index (χ1) is 7.35. The molecular formula is C13H16Cl2. The summed E-state index contributed by atoms with van der Waals surface area (Å²) in [7, 11) is 0. The molecule has 0 saturated heterocycles. The molecule has 1 atom stereocenters. The second-order valence-electron chi connectivity index (χ2n) is 4.19. The van der Waals surface area contributed by atoms with Crippen molar-refractivity contribution in [2.24, 2.45) is 0 Å². The molecule has 1 aromatic carbocycles. The zero-order chi connectivity index (χ0) is 10.7. The molecule has 0 N–H and O–H groups in total. The summed E-state index contributed by atoms with van der Waals surface area (Å²) in [5.74, 6) is 2.18. The molecule has 0 spiro atoms. The van der Waals surface area contributed by atoms with Crippen molar-refractivity contribution in [3.63, 3.8) is 0 Å². The standard InChI is InChI=1S/C13H16Cl2/c14-7-5-10-1-4-13-11(6-8-15)2-3-12(13)9-10/h1,4,9,11H,2-3,5-8H2. The number of hydrogen-bond acceptors (Lipinski definition) is 0. The fourth-order valence-electron chi connectivity index (χ4n) is 2.46. The summed E-state index contributed by atoms with van der Waals surface area (Å²) in [6, 6.07) is 6.82. The van der Waals surface area contributed by atoms with Gasteiger partial charge in [-0.25, -0.2) is 0 Å². The molecule has 15 heavy (non-hydrogen) atoms. The molecule has 2 rings (SSSR count). The molecule has 1 aromatic rings. The molecule has 2 heteroatoms. The van der Waals surface area contributed by atoms with Crippen LogP contribution in [0.4, 0.5) is 0 Å². The van der Waals surface area contributed by atoms with Crippen molar-refractivity contribution in [2.75, 3.05) is 11.8 Å². The highest BCUT2D eigenvalue weighted by Gasteiger charge is 2.21. The molecule has 0 aromatic heterocycles. The Balaban J connectivity index is 2.18. The van der Waals surface area contributed by atoms with E-state index < -0.39 is 0 Å². The maximum atomic E-state index is 5.81. The average Bonchev–Trinajstić information content (AvgIpc) is 2.62. The lowest BCUT2D eigenvalue weighted by Crippen LogP contribution is -1.95. The number of rotatable bonds is 4. The van der Waals surface area contributed by atoms with Gasteiger partial charge in [0.1, 0.15) is 0 Å². The maximum Gasteiger partial charge on any atom is 0.0263 e. The Morgan fingerprint density at radius 3 is 2.80 bits per heavy atom. The van der Waals surface area contributed by atoms with Crippen molar-refractivity contribution in [2.45, 2.75) is 31.6 Å². The van der Waals surface area contributed by atoms with Crippen molar-refractivity contribution in [3.8, 4) is 0 Å². The lowest BCUT2D eigenvalue weighted by atomic mass is 9.97. The molecule has 0 amide bonds. The molecule has 1 unspecified atom stereocenters. The van der Waals surface area contributed by atoms with E-state index in [0.29, 0.717) is 11.8 Å². The minimum atomic E-state index is 0.697. The highest BCUT2D eigenvalue weighted by molar-refractivity contribution is 6.18. The monoisotopic (exact) mass is 242 g/mol. The van der Waals surface area contributed by atoms with Gasteiger partial charge < -0.3 is 0 Å². The van der Waals surface area contributed by atoms with Crippen molar-refractivity contribution in [1.82, 2.24) is 0 Å². The third kappa shape index (κ3) is 2.49. The number of fused-ring (bicyclic) bond motifs is 1. The van der Waals surface area contributed by atoms with Crippen LogP contribution in [0.25, 0.3) is 0 Å². The summed E-state index contributed by atoms with van der Waals surface area (Å²) in [6.45, 7) is 0. The van der Waals surface area contributed by atoms with E-state index in [1.54, 1.807) is 0 Å². The summed E-state index contributed by atoms with van der Waals surface area (Å²) < 4.78 is 0. The van der Waals surface area contributed by atoms with Gasteiger partial charge in [-0.05, 0) is 48.3 Å². The fraction of sp³-hybridized carbons (Fsp3) is 0.538. The third-order valence-electron chi connectivity index (χ3n) is 3.25. The quantitative estimate of drug-likeness (QED) is 0.697. The molecular weight excluding hydrogens is 227 g/mol. The zero-order valence-electron chi connectivity index (χ0n) is 8.81. The Hall–Kier alpha value is -0.200. The SMILES string of the molecule is ClCCc1ccc2c(c1)CCC2CCCl. The molecule has 0 heterocycles. The summed E-state index contributed by atoms with van der Waals surface area (Å²) in [4.78, 5) is 0. The van der Waals surface area contributed by atoms with Gasteiger partial charge in [0.2, 0.25) is 0 Å². The fourth-order valence-corrected chi connectivity index (χ4v) is 2.94. The van der Waals surface area contributed by atoms with E-state index in [1.165, 1.54) is 29.5 Å². The first-order valence-electron chi connectivity index (χ1n) is 5.58. The first kappa shape index (κ1) is 11.3. The Labute approximate surface area is 102 Å². The van der Waals surface area contributed by atoms with E-state index in [4.69, 9.17) is 23.2 Å². The molecule has 0 saturated carbocycles. The molecule has 1 aliphatic rings. The minimum absolute atomic E-state index is 0.697. The van der Waals surface area contributed by atoms with Crippen molar-refractivity contribution in [1.29, 1.82) is 0 Å². The van der Waals surface area contributed by atoms with Gasteiger partial charge in [0, 0.05) is 11.8 Å². The van der Waals surface area contributed by atoms with Crippen molar-refractivity contribution < 1.29 is 0 Å². The lowest BCUT2D eigenvalue weighted by molar-refractivity contribution is 0.659. The summed E-state index contributed by atoms with van der Waals surface area (Å²) in [5, 5.41) is 0. The second kappa shape index (κ2) is 5.23. The predicted octanol–water partition coefficient (Wildman–Crippen LogP) is 4.13. The molecule has 0 radical (unpaired) electrons. The van der Waals surface area contributed by atoms with Gasteiger partial charge in [0.25, 0.3) is 0 Å². The van der Waals surface area contributed by atoms with Crippen LogP contribution in [-0.4, -0.2) is 11.8 Å². The highest BCUT2D eigenvalue weighted by Crippen LogP contribution is 2.36. The van der Waals surface area contributed by atoms with Crippen LogP contribution in [0.2, 0.25) is 0 Å². The van der Waals surface area contributed by atoms with Crippen LogP contribution in [-0.2, 0) is 12.8 Å². The van der Waals surface area contributed by atoms with Crippen LogP contribution >= 0.6 is 23.2 Å². The summed E-state index contributed by atoms with van der Waals surface area (Å²) in [5.41, 5.74) is 4.41. The lowest BCUT2D eigenvalue weighted by Gasteiger charge is -2.09.